The molecule has 0 aliphatic heterocycles. The zero-order valence-corrected chi connectivity index (χ0v) is 15.3. The number of carbonyl (C=O) groups is 1. The van der Waals surface area contributed by atoms with Gasteiger partial charge in [-0.2, -0.15) is 0 Å². The first kappa shape index (κ1) is 17.1. The molecule has 27 heavy (non-hydrogen) atoms. The molecule has 0 saturated heterocycles. The molecule has 3 aromatic carbocycles. The second-order valence-corrected chi connectivity index (χ2v) is 6.57. The molecule has 134 valence electrons. The number of benzene rings is 3. The molecule has 4 rings (SSSR count). The third-order valence-electron chi connectivity index (χ3n) is 4.35. The lowest BCUT2D eigenvalue weighted by atomic mass is 10.1. The van der Waals surface area contributed by atoms with E-state index in [9.17, 15) is 4.79 Å². The van der Waals surface area contributed by atoms with E-state index in [2.05, 4.69) is 10.3 Å². The van der Waals surface area contributed by atoms with Gasteiger partial charge in [0.25, 0.3) is 5.91 Å². The molecule has 6 nitrogen and oxygen atoms in total. The standard InChI is InChI=1S/C20H16ClN5O/c1-25(16-7-3-14(21)4-8-16)20(27)13-2-11-18-19(12-13)26(24-23-18)17-9-5-15(22)6-10-17/h2-12H,22H2,1H3. The van der Waals surface area contributed by atoms with E-state index in [-0.39, 0.29) is 5.91 Å². The van der Waals surface area contributed by atoms with Gasteiger partial charge in [0.1, 0.15) is 5.52 Å². The SMILES string of the molecule is CN(C(=O)c1ccc2nnn(-c3ccc(N)cc3)c2c1)c1ccc(Cl)cc1. The molecular weight excluding hydrogens is 362 g/mol. The number of carbonyl (C=O) groups excluding carboxylic acids is 1. The summed E-state index contributed by atoms with van der Waals surface area (Å²) in [4.78, 5) is 14.5. The second-order valence-electron chi connectivity index (χ2n) is 6.14. The van der Waals surface area contributed by atoms with Crippen molar-refractivity contribution in [2.45, 2.75) is 0 Å². The summed E-state index contributed by atoms with van der Waals surface area (Å²) in [6.07, 6.45) is 0. The number of halogens is 1. The highest BCUT2D eigenvalue weighted by atomic mass is 35.5. The Balaban J connectivity index is 1.72. The molecular formula is C20H16ClN5O. The topological polar surface area (TPSA) is 77.0 Å². The number of rotatable bonds is 3. The maximum Gasteiger partial charge on any atom is 0.258 e. The summed E-state index contributed by atoms with van der Waals surface area (Å²) in [6.45, 7) is 0. The largest absolute Gasteiger partial charge is 0.399 e. The molecule has 0 atom stereocenters. The number of hydrogen-bond acceptors (Lipinski definition) is 4. The molecule has 0 aliphatic carbocycles. The van der Waals surface area contributed by atoms with Crippen LogP contribution < -0.4 is 10.6 Å². The van der Waals surface area contributed by atoms with Crippen molar-refractivity contribution in [2.24, 2.45) is 0 Å². The average Bonchev–Trinajstić information content (AvgIpc) is 3.11. The number of hydrogen-bond donors (Lipinski definition) is 1. The maximum atomic E-state index is 12.9. The number of amides is 1. The molecule has 1 amide bonds. The van der Waals surface area contributed by atoms with E-state index >= 15 is 0 Å². The molecule has 7 heteroatoms. The van der Waals surface area contributed by atoms with Crippen molar-refractivity contribution in [1.82, 2.24) is 15.0 Å². The summed E-state index contributed by atoms with van der Waals surface area (Å²) in [5.41, 5.74) is 9.99. The van der Waals surface area contributed by atoms with Gasteiger partial charge in [-0.15, -0.1) is 5.10 Å². The van der Waals surface area contributed by atoms with Crippen molar-refractivity contribution in [1.29, 1.82) is 0 Å². The van der Waals surface area contributed by atoms with Gasteiger partial charge in [-0.3, -0.25) is 4.79 Å². The van der Waals surface area contributed by atoms with Crippen LogP contribution in [0, 0.1) is 0 Å². The molecule has 0 radical (unpaired) electrons. The Kier molecular flexibility index (Phi) is 4.25. The van der Waals surface area contributed by atoms with Crippen molar-refractivity contribution in [3.05, 3.63) is 77.3 Å². The van der Waals surface area contributed by atoms with E-state index in [4.69, 9.17) is 17.3 Å². The lowest BCUT2D eigenvalue weighted by Gasteiger charge is -2.17. The minimum absolute atomic E-state index is 0.135. The summed E-state index contributed by atoms with van der Waals surface area (Å²) < 4.78 is 1.69. The van der Waals surface area contributed by atoms with Crippen molar-refractivity contribution in [3.8, 4) is 5.69 Å². The molecule has 1 heterocycles. The van der Waals surface area contributed by atoms with Crippen molar-refractivity contribution in [2.75, 3.05) is 17.7 Å². The van der Waals surface area contributed by atoms with Gasteiger partial charge >= 0.3 is 0 Å². The number of nitrogens with two attached hydrogens (primary N) is 1. The second kappa shape index (κ2) is 6.74. The highest BCUT2D eigenvalue weighted by molar-refractivity contribution is 6.30. The smallest absolute Gasteiger partial charge is 0.258 e. The third-order valence-corrected chi connectivity index (χ3v) is 4.60. The summed E-state index contributed by atoms with van der Waals surface area (Å²) in [7, 11) is 1.73. The molecule has 0 unspecified atom stereocenters. The normalized spacial score (nSPS) is 10.9. The van der Waals surface area contributed by atoms with E-state index in [1.807, 2.05) is 12.1 Å². The number of nitrogen functional groups attached to an aromatic ring is 1. The fraction of sp³-hybridized carbons (Fsp3) is 0.0500. The van der Waals surface area contributed by atoms with Crippen LogP contribution >= 0.6 is 11.6 Å². The van der Waals surface area contributed by atoms with Gasteiger partial charge in [0.15, 0.2) is 0 Å². The molecule has 0 aliphatic rings. The zero-order chi connectivity index (χ0) is 19.0. The summed E-state index contributed by atoms with van der Waals surface area (Å²) in [6, 6.07) is 19.8. The minimum Gasteiger partial charge on any atom is -0.399 e. The van der Waals surface area contributed by atoms with Crippen LogP contribution in [-0.4, -0.2) is 27.9 Å². The first-order chi connectivity index (χ1) is 13.0. The Labute approximate surface area is 160 Å². The Morgan fingerprint density at radius 2 is 1.74 bits per heavy atom. The minimum atomic E-state index is -0.135. The lowest BCUT2D eigenvalue weighted by molar-refractivity contribution is 0.0993. The zero-order valence-electron chi connectivity index (χ0n) is 14.5. The molecule has 0 saturated carbocycles. The Hall–Kier alpha value is -3.38. The maximum absolute atomic E-state index is 12.9. The van der Waals surface area contributed by atoms with E-state index in [1.54, 1.807) is 71.2 Å². The van der Waals surface area contributed by atoms with Crippen LogP contribution in [0.15, 0.2) is 66.7 Å². The number of anilines is 2. The predicted octanol–water partition coefficient (Wildman–Crippen LogP) is 3.93. The highest BCUT2D eigenvalue weighted by Crippen LogP contribution is 2.22. The first-order valence-corrected chi connectivity index (χ1v) is 8.66. The summed E-state index contributed by atoms with van der Waals surface area (Å²) >= 11 is 5.92. The quantitative estimate of drug-likeness (QED) is 0.549. The molecule has 4 aromatic rings. The van der Waals surface area contributed by atoms with Crippen LogP contribution in [0.3, 0.4) is 0 Å². The monoisotopic (exact) mass is 377 g/mol. The Morgan fingerprint density at radius 3 is 2.44 bits per heavy atom. The van der Waals surface area contributed by atoms with Gasteiger partial charge in [0, 0.05) is 29.0 Å². The van der Waals surface area contributed by atoms with Gasteiger partial charge in [-0.05, 0) is 66.7 Å². The van der Waals surface area contributed by atoms with Crippen LogP contribution in [-0.2, 0) is 0 Å². The average molecular weight is 378 g/mol. The Bertz CT molecular complexity index is 1120. The van der Waals surface area contributed by atoms with Crippen molar-refractivity contribution in [3.63, 3.8) is 0 Å². The fourth-order valence-electron chi connectivity index (χ4n) is 2.83. The van der Waals surface area contributed by atoms with E-state index < -0.39 is 0 Å². The van der Waals surface area contributed by atoms with E-state index in [0.717, 1.165) is 16.9 Å². The number of nitrogens with zero attached hydrogens (tertiary/aromatic N) is 4. The molecule has 2 N–H and O–H groups in total. The highest BCUT2D eigenvalue weighted by Gasteiger charge is 2.16. The van der Waals surface area contributed by atoms with Crippen LogP contribution in [0.1, 0.15) is 10.4 Å². The fourth-order valence-corrected chi connectivity index (χ4v) is 2.96. The molecule has 0 spiro atoms. The third kappa shape index (κ3) is 3.22. The first-order valence-electron chi connectivity index (χ1n) is 8.28. The van der Waals surface area contributed by atoms with Crippen LogP contribution in [0.4, 0.5) is 11.4 Å². The molecule has 0 bridgehead atoms. The van der Waals surface area contributed by atoms with Gasteiger partial charge in [-0.1, -0.05) is 16.8 Å². The molecule has 0 fully saturated rings. The van der Waals surface area contributed by atoms with Crippen molar-refractivity contribution < 1.29 is 4.79 Å². The summed E-state index contributed by atoms with van der Waals surface area (Å²) in [5, 5.41) is 8.99. The van der Waals surface area contributed by atoms with E-state index in [0.29, 0.717) is 21.8 Å². The van der Waals surface area contributed by atoms with E-state index in [1.165, 1.54) is 0 Å². The van der Waals surface area contributed by atoms with Crippen LogP contribution in [0.2, 0.25) is 5.02 Å². The Morgan fingerprint density at radius 1 is 1.04 bits per heavy atom. The lowest BCUT2D eigenvalue weighted by Crippen LogP contribution is -2.26. The van der Waals surface area contributed by atoms with Crippen LogP contribution in [0.25, 0.3) is 16.7 Å². The molecule has 1 aromatic heterocycles. The van der Waals surface area contributed by atoms with Gasteiger partial charge in [0.05, 0.1) is 11.2 Å². The van der Waals surface area contributed by atoms with Gasteiger partial charge in [-0.25, -0.2) is 4.68 Å². The van der Waals surface area contributed by atoms with Gasteiger partial charge < -0.3 is 10.6 Å². The summed E-state index contributed by atoms with van der Waals surface area (Å²) in [5.74, 6) is -0.135. The van der Waals surface area contributed by atoms with Crippen LogP contribution in [0.5, 0.6) is 0 Å². The van der Waals surface area contributed by atoms with Crippen molar-refractivity contribution >= 4 is 39.9 Å². The predicted molar refractivity (Wildman–Crippen MR) is 107 cm³/mol. The van der Waals surface area contributed by atoms with Gasteiger partial charge in [0.2, 0.25) is 0 Å². The number of aromatic nitrogens is 3. The number of fused-ring (bicyclic) bond motifs is 1.